The van der Waals surface area contributed by atoms with Crippen LogP contribution >= 0.6 is 11.3 Å². The van der Waals surface area contributed by atoms with Gasteiger partial charge in [-0.15, -0.1) is 11.3 Å². The number of hydrogen-bond acceptors (Lipinski definition) is 3. The van der Waals surface area contributed by atoms with Crippen molar-refractivity contribution in [2.75, 3.05) is 0 Å². The van der Waals surface area contributed by atoms with E-state index in [0.29, 0.717) is 18.8 Å². The maximum Gasteiger partial charge on any atom is 0.329 e. The fraction of sp³-hybridized carbons (Fsp3) is 0.467. The van der Waals surface area contributed by atoms with Gasteiger partial charge in [0.1, 0.15) is 5.54 Å². The maximum absolute atomic E-state index is 12.0. The van der Waals surface area contributed by atoms with Crippen molar-refractivity contribution in [3.8, 4) is 0 Å². The van der Waals surface area contributed by atoms with E-state index in [-0.39, 0.29) is 5.91 Å². The molecular formula is C15H19NO3S. The second-order valence-electron chi connectivity index (χ2n) is 5.43. The lowest BCUT2D eigenvalue weighted by atomic mass is 9.76. The highest BCUT2D eigenvalue weighted by molar-refractivity contribution is 7.10. The number of hydrogen-bond donors (Lipinski definition) is 2. The normalized spacial score (nSPS) is 26.6. The van der Waals surface area contributed by atoms with E-state index in [4.69, 9.17) is 0 Å². The first-order chi connectivity index (χ1) is 9.52. The molecule has 1 saturated carbocycles. The largest absolute Gasteiger partial charge is 0.480 e. The van der Waals surface area contributed by atoms with Crippen molar-refractivity contribution in [3.05, 3.63) is 28.5 Å². The van der Waals surface area contributed by atoms with Crippen LogP contribution in [-0.4, -0.2) is 22.5 Å². The molecule has 0 bridgehead atoms. The van der Waals surface area contributed by atoms with Crippen molar-refractivity contribution in [2.24, 2.45) is 5.92 Å². The van der Waals surface area contributed by atoms with Crippen molar-refractivity contribution in [2.45, 2.75) is 38.1 Å². The highest BCUT2D eigenvalue weighted by atomic mass is 32.1. The summed E-state index contributed by atoms with van der Waals surface area (Å²) in [5.41, 5.74) is -1.10. The SMILES string of the molecule is CC1CCCC(NC(=O)C=Cc2cccs2)(C(=O)O)C1. The highest BCUT2D eigenvalue weighted by Crippen LogP contribution is 2.32. The number of carboxylic acid groups (broad SMARTS) is 1. The Hall–Kier alpha value is -1.62. The number of carbonyl (C=O) groups is 2. The van der Waals surface area contributed by atoms with Gasteiger partial charge in [-0.3, -0.25) is 4.79 Å². The van der Waals surface area contributed by atoms with Crippen molar-refractivity contribution in [3.63, 3.8) is 0 Å². The fourth-order valence-electron chi connectivity index (χ4n) is 2.73. The van der Waals surface area contributed by atoms with Crippen molar-refractivity contribution >= 4 is 29.3 Å². The van der Waals surface area contributed by atoms with Crippen LogP contribution in [0.4, 0.5) is 0 Å². The van der Waals surface area contributed by atoms with Gasteiger partial charge in [-0.1, -0.05) is 25.8 Å². The van der Waals surface area contributed by atoms with Gasteiger partial charge >= 0.3 is 5.97 Å². The summed E-state index contributed by atoms with van der Waals surface area (Å²) in [5.74, 6) is -0.946. The molecule has 0 aromatic carbocycles. The summed E-state index contributed by atoms with van der Waals surface area (Å²) in [6.07, 6.45) is 5.99. The van der Waals surface area contributed by atoms with Crippen molar-refractivity contribution in [1.29, 1.82) is 0 Å². The van der Waals surface area contributed by atoms with Crippen LogP contribution < -0.4 is 5.32 Å². The predicted molar refractivity (Wildman–Crippen MR) is 79.5 cm³/mol. The lowest BCUT2D eigenvalue weighted by Gasteiger charge is -2.36. The molecule has 2 unspecified atom stereocenters. The molecule has 0 aliphatic heterocycles. The lowest BCUT2D eigenvalue weighted by molar-refractivity contribution is -0.149. The van der Waals surface area contributed by atoms with Gasteiger partial charge in [0.05, 0.1) is 0 Å². The van der Waals surface area contributed by atoms with E-state index >= 15 is 0 Å². The number of carbonyl (C=O) groups excluding carboxylic acids is 1. The number of carboxylic acids is 1. The third kappa shape index (κ3) is 3.48. The Balaban J connectivity index is 2.04. The number of nitrogens with one attached hydrogen (secondary N) is 1. The first kappa shape index (κ1) is 14.8. The molecule has 1 aliphatic rings. The zero-order valence-corrected chi connectivity index (χ0v) is 12.3. The predicted octanol–water partition coefficient (Wildman–Crippen LogP) is 2.91. The molecule has 20 heavy (non-hydrogen) atoms. The molecule has 1 aliphatic carbocycles. The maximum atomic E-state index is 12.0. The minimum absolute atomic E-state index is 0.321. The van der Waals surface area contributed by atoms with Gasteiger partial charge in [0.2, 0.25) is 5.91 Å². The van der Waals surface area contributed by atoms with E-state index in [0.717, 1.165) is 17.7 Å². The molecule has 0 saturated heterocycles. The van der Waals surface area contributed by atoms with E-state index < -0.39 is 11.5 Å². The van der Waals surface area contributed by atoms with Crippen LogP contribution in [0.3, 0.4) is 0 Å². The minimum atomic E-state index is -1.10. The van der Waals surface area contributed by atoms with Gasteiger partial charge in [-0.05, 0) is 36.3 Å². The van der Waals surface area contributed by atoms with E-state index in [1.807, 2.05) is 24.4 Å². The number of thiophene rings is 1. The number of rotatable bonds is 4. The summed E-state index contributed by atoms with van der Waals surface area (Å²) >= 11 is 1.53. The first-order valence-electron chi connectivity index (χ1n) is 6.79. The van der Waals surface area contributed by atoms with E-state index in [1.165, 1.54) is 17.4 Å². The molecular weight excluding hydrogens is 274 g/mol. The van der Waals surface area contributed by atoms with Crippen LogP contribution in [0.2, 0.25) is 0 Å². The highest BCUT2D eigenvalue weighted by Gasteiger charge is 2.42. The van der Waals surface area contributed by atoms with Crippen LogP contribution in [0.1, 0.15) is 37.5 Å². The molecule has 4 nitrogen and oxygen atoms in total. The monoisotopic (exact) mass is 293 g/mol. The Morgan fingerprint density at radius 3 is 2.95 bits per heavy atom. The first-order valence-corrected chi connectivity index (χ1v) is 7.67. The smallest absolute Gasteiger partial charge is 0.329 e. The molecule has 0 radical (unpaired) electrons. The molecule has 2 N–H and O–H groups in total. The molecule has 1 aromatic rings. The molecule has 1 fully saturated rings. The topological polar surface area (TPSA) is 66.4 Å². The summed E-state index contributed by atoms with van der Waals surface area (Å²) in [4.78, 5) is 24.5. The van der Waals surface area contributed by atoms with Crippen LogP contribution in [0.25, 0.3) is 6.08 Å². The summed E-state index contributed by atoms with van der Waals surface area (Å²) in [6.45, 7) is 2.03. The van der Waals surface area contributed by atoms with Gasteiger partial charge in [0.15, 0.2) is 0 Å². The third-order valence-corrected chi connectivity index (χ3v) is 4.55. The van der Waals surface area contributed by atoms with Crippen molar-refractivity contribution < 1.29 is 14.7 Å². The summed E-state index contributed by atoms with van der Waals surface area (Å²) in [5, 5.41) is 14.1. The summed E-state index contributed by atoms with van der Waals surface area (Å²) in [6, 6.07) is 3.81. The molecule has 1 heterocycles. The van der Waals surface area contributed by atoms with E-state index in [9.17, 15) is 14.7 Å². The Morgan fingerprint density at radius 2 is 2.35 bits per heavy atom. The average Bonchev–Trinajstić information content (AvgIpc) is 2.89. The Bertz CT molecular complexity index is 509. The van der Waals surface area contributed by atoms with Gasteiger partial charge in [-0.2, -0.15) is 0 Å². The van der Waals surface area contributed by atoms with E-state index in [2.05, 4.69) is 5.32 Å². The molecule has 5 heteroatoms. The summed E-state index contributed by atoms with van der Waals surface area (Å²) < 4.78 is 0. The zero-order valence-electron chi connectivity index (χ0n) is 11.5. The van der Waals surface area contributed by atoms with E-state index in [1.54, 1.807) is 6.08 Å². The number of amides is 1. The second-order valence-corrected chi connectivity index (χ2v) is 6.41. The molecule has 0 spiro atoms. The Morgan fingerprint density at radius 1 is 1.55 bits per heavy atom. The number of aliphatic carboxylic acids is 1. The quantitative estimate of drug-likeness (QED) is 0.839. The molecule has 2 rings (SSSR count). The fourth-order valence-corrected chi connectivity index (χ4v) is 3.35. The Labute approximate surface area is 122 Å². The average molecular weight is 293 g/mol. The van der Waals surface area contributed by atoms with Crippen LogP contribution in [0, 0.1) is 5.92 Å². The molecule has 108 valence electrons. The van der Waals surface area contributed by atoms with Gasteiger partial charge < -0.3 is 10.4 Å². The van der Waals surface area contributed by atoms with Gasteiger partial charge in [-0.25, -0.2) is 4.79 Å². The van der Waals surface area contributed by atoms with Gasteiger partial charge in [0.25, 0.3) is 0 Å². The third-order valence-electron chi connectivity index (χ3n) is 3.71. The molecule has 2 atom stereocenters. The van der Waals surface area contributed by atoms with Crippen LogP contribution in [0.5, 0.6) is 0 Å². The van der Waals surface area contributed by atoms with Crippen LogP contribution in [-0.2, 0) is 9.59 Å². The standard InChI is InChI=1S/C15H19NO3S/c1-11-4-2-8-15(10-11,14(18)19)16-13(17)7-6-12-5-3-9-20-12/h3,5-7,9,11H,2,4,8,10H2,1H3,(H,16,17)(H,18,19). The van der Waals surface area contributed by atoms with Gasteiger partial charge in [0, 0.05) is 11.0 Å². The van der Waals surface area contributed by atoms with Crippen molar-refractivity contribution in [1.82, 2.24) is 5.32 Å². The summed E-state index contributed by atoms with van der Waals surface area (Å²) in [7, 11) is 0. The second kappa shape index (κ2) is 6.22. The Kier molecular flexibility index (Phi) is 4.60. The minimum Gasteiger partial charge on any atom is -0.480 e. The van der Waals surface area contributed by atoms with Crippen LogP contribution in [0.15, 0.2) is 23.6 Å². The lowest BCUT2D eigenvalue weighted by Crippen LogP contribution is -2.56. The zero-order chi connectivity index (χ0) is 14.6. The molecule has 1 amide bonds. The molecule has 1 aromatic heterocycles.